The molecule has 36 heavy (non-hydrogen) atoms. The fourth-order valence-corrected chi connectivity index (χ4v) is 8.29. The van der Waals surface area contributed by atoms with Crippen LogP contribution in [0.3, 0.4) is 0 Å². The molecule has 3 saturated carbocycles. The number of carbonyl (C=O) groups is 2. The molecule has 1 aromatic rings. The number of Topliss-reactive ketones (excluding diaryl/α,β-unsaturated/α-hetero) is 1. The minimum Gasteiger partial charge on any atom is -0.390 e. The maximum absolute atomic E-state index is 17.3. The molecule has 9 atom stereocenters. The molecule has 0 radical (unpaired) electrons. The van der Waals surface area contributed by atoms with E-state index in [1.54, 1.807) is 19.9 Å². The number of nitrogens with zero attached hydrogens (tertiary/aromatic N) is 1. The summed E-state index contributed by atoms with van der Waals surface area (Å²) in [5.41, 5.74) is -4.89. The molecule has 0 bridgehead atoms. The summed E-state index contributed by atoms with van der Waals surface area (Å²) >= 11 is 0. The summed E-state index contributed by atoms with van der Waals surface area (Å²) in [7, 11) is 0. The number of hydrogen-bond donors (Lipinski definition) is 2. The first-order valence-electron chi connectivity index (χ1n) is 12.4. The maximum Gasteiger partial charge on any atom is 0.213 e. The van der Waals surface area contributed by atoms with E-state index in [1.165, 1.54) is 24.4 Å². The van der Waals surface area contributed by atoms with Crippen molar-refractivity contribution in [2.24, 2.45) is 22.7 Å². The molecule has 4 fully saturated rings. The third-order valence-electron chi connectivity index (χ3n) is 9.96. The molecule has 1 aliphatic heterocycles. The molecule has 6 rings (SSSR count). The van der Waals surface area contributed by atoms with Gasteiger partial charge in [0.1, 0.15) is 6.61 Å². The summed E-state index contributed by atoms with van der Waals surface area (Å²) in [4.78, 5) is 29.0. The Kier molecular flexibility index (Phi) is 5.07. The fourth-order valence-electron chi connectivity index (χ4n) is 8.29. The van der Waals surface area contributed by atoms with E-state index in [2.05, 4.69) is 4.98 Å². The Hall–Kier alpha value is -2.33. The Morgan fingerprint density at radius 2 is 2.08 bits per heavy atom. The number of aliphatic hydroxyl groups is 2. The molecule has 9 heteroatoms. The highest BCUT2D eigenvalue weighted by Crippen LogP contribution is 2.72. The molecule has 5 aliphatic rings. The van der Waals surface area contributed by atoms with Gasteiger partial charge < -0.3 is 19.7 Å². The van der Waals surface area contributed by atoms with Gasteiger partial charge in [0.05, 0.1) is 12.2 Å². The Morgan fingerprint density at radius 3 is 2.81 bits per heavy atom. The number of fused-ring (bicyclic) bond motifs is 7. The summed E-state index contributed by atoms with van der Waals surface area (Å²) in [6, 6.07) is 2.69. The van der Waals surface area contributed by atoms with Crippen molar-refractivity contribution >= 4 is 11.6 Å². The highest BCUT2D eigenvalue weighted by atomic mass is 19.1. The number of aromatic nitrogens is 1. The first-order valence-corrected chi connectivity index (χ1v) is 12.4. The zero-order valence-corrected chi connectivity index (χ0v) is 20.1. The van der Waals surface area contributed by atoms with Crippen molar-refractivity contribution in [2.45, 2.75) is 69.3 Å². The highest BCUT2D eigenvalue weighted by molar-refractivity contribution is 6.01. The van der Waals surface area contributed by atoms with E-state index in [0.717, 1.165) is 6.07 Å². The Balaban J connectivity index is 1.43. The number of hydrogen-bond acceptors (Lipinski definition) is 7. The quantitative estimate of drug-likeness (QED) is 0.614. The van der Waals surface area contributed by atoms with Crippen LogP contribution in [-0.4, -0.2) is 56.8 Å². The van der Waals surface area contributed by atoms with Crippen LogP contribution in [0.5, 0.6) is 0 Å². The lowest BCUT2D eigenvalue weighted by molar-refractivity contribution is -0.231. The summed E-state index contributed by atoms with van der Waals surface area (Å²) < 4.78 is 43.6. The molecule has 1 saturated heterocycles. The van der Waals surface area contributed by atoms with Gasteiger partial charge in [-0.15, -0.1) is 0 Å². The summed E-state index contributed by atoms with van der Waals surface area (Å²) in [5, 5.41) is 21.5. The number of rotatable bonds is 3. The van der Waals surface area contributed by atoms with Gasteiger partial charge in [-0.2, -0.15) is 4.39 Å². The van der Waals surface area contributed by atoms with Crippen molar-refractivity contribution in [3.05, 3.63) is 53.6 Å². The van der Waals surface area contributed by atoms with Crippen LogP contribution in [0, 0.1) is 28.6 Å². The van der Waals surface area contributed by atoms with Gasteiger partial charge in [0.2, 0.25) is 5.95 Å². The standard InChI is InChI=1S/C27H29F2NO6/c1-24-7-5-16(32)10-15(24)3-4-17-18-11-21-27(20(34)13-31,25(18,2)12-19(33)26(17,24)29)36-23(35-21)14-6-8-30-22(28)9-14/h5-10,17-19,21,23,31,33H,3-4,11-13H2,1-2H3/t17-,18-,19-,21+,23?,24-,25-,26-,27+/m0/s1. The zero-order chi connectivity index (χ0) is 25.7. The minimum absolute atomic E-state index is 0.0989. The van der Waals surface area contributed by atoms with Gasteiger partial charge in [-0.1, -0.05) is 18.6 Å². The Labute approximate surface area is 207 Å². The van der Waals surface area contributed by atoms with Gasteiger partial charge in [0.15, 0.2) is 29.1 Å². The van der Waals surface area contributed by atoms with E-state index in [-0.39, 0.29) is 18.6 Å². The lowest BCUT2D eigenvalue weighted by Crippen LogP contribution is -2.69. The summed E-state index contributed by atoms with van der Waals surface area (Å²) in [6.07, 6.45) is 3.42. The van der Waals surface area contributed by atoms with Crippen molar-refractivity contribution in [3.63, 3.8) is 0 Å². The van der Waals surface area contributed by atoms with E-state index in [4.69, 9.17) is 9.47 Å². The van der Waals surface area contributed by atoms with E-state index < -0.39 is 70.8 Å². The molecular weight excluding hydrogens is 472 g/mol. The van der Waals surface area contributed by atoms with Crippen LogP contribution in [0.2, 0.25) is 0 Å². The summed E-state index contributed by atoms with van der Waals surface area (Å²) in [5.74, 6) is -2.55. The third-order valence-corrected chi connectivity index (χ3v) is 9.96. The van der Waals surface area contributed by atoms with Gasteiger partial charge in [-0.05, 0) is 56.7 Å². The van der Waals surface area contributed by atoms with Crippen molar-refractivity contribution in [2.75, 3.05) is 6.61 Å². The van der Waals surface area contributed by atoms with E-state index in [0.29, 0.717) is 24.0 Å². The number of halogens is 2. The molecular formula is C27H29F2NO6. The second-order valence-electron chi connectivity index (χ2n) is 11.3. The van der Waals surface area contributed by atoms with Crippen molar-refractivity contribution in [1.82, 2.24) is 4.98 Å². The zero-order valence-electron chi connectivity index (χ0n) is 20.1. The van der Waals surface area contributed by atoms with Gasteiger partial charge >= 0.3 is 0 Å². The number of allylic oxidation sites excluding steroid dienone is 4. The lowest BCUT2D eigenvalue weighted by atomic mass is 9.44. The van der Waals surface area contributed by atoms with Crippen LogP contribution in [0.1, 0.15) is 51.4 Å². The van der Waals surface area contributed by atoms with Crippen molar-refractivity contribution < 1.29 is 38.1 Å². The Morgan fingerprint density at radius 1 is 1.31 bits per heavy atom. The van der Waals surface area contributed by atoms with Gasteiger partial charge in [-0.25, -0.2) is 9.37 Å². The maximum atomic E-state index is 17.3. The third kappa shape index (κ3) is 2.72. The van der Waals surface area contributed by atoms with Crippen molar-refractivity contribution in [1.29, 1.82) is 0 Å². The van der Waals surface area contributed by atoms with Crippen molar-refractivity contribution in [3.8, 4) is 0 Å². The largest absolute Gasteiger partial charge is 0.390 e. The van der Waals surface area contributed by atoms with Gasteiger partial charge in [0, 0.05) is 34.6 Å². The Bertz CT molecular complexity index is 1220. The van der Waals surface area contributed by atoms with Crippen LogP contribution in [0.4, 0.5) is 8.78 Å². The molecule has 7 nitrogen and oxygen atoms in total. The topological polar surface area (TPSA) is 106 Å². The van der Waals surface area contributed by atoms with Crippen LogP contribution in [0.15, 0.2) is 42.1 Å². The molecule has 1 aromatic heterocycles. The smallest absolute Gasteiger partial charge is 0.213 e. The number of alkyl halides is 1. The van der Waals surface area contributed by atoms with Crippen LogP contribution >= 0.6 is 0 Å². The molecule has 2 N–H and O–H groups in total. The molecule has 4 aliphatic carbocycles. The molecule has 0 spiro atoms. The second-order valence-corrected chi connectivity index (χ2v) is 11.3. The first-order chi connectivity index (χ1) is 17.0. The normalized spacial score (nSPS) is 47.0. The SMILES string of the molecule is C[C@]12C=CC(=O)C=C1CC[C@H]1[C@@H]3C[C@H]4OC(c5ccnc(F)c5)O[C@@]4(C(=O)CO)[C@@]3(C)C[C@H](O)[C@@]12F. The second kappa shape index (κ2) is 7.60. The van der Waals surface area contributed by atoms with Gasteiger partial charge in [-0.3, -0.25) is 9.59 Å². The number of pyridine rings is 1. The lowest BCUT2D eigenvalue weighted by Gasteiger charge is -2.62. The molecule has 2 heterocycles. The van der Waals surface area contributed by atoms with Gasteiger partial charge in [0.25, 0.3) is 0 Å². The minimum atomic E-state index is -2.06. The number of aliphatic hydroxyl groups excluding tert-OH is 2. The number of ether oxygens (including phenoxy) is 2. The molecule has 1 unspecified atom stereocenters. The van der Waals surface area contributed by atoms with Crippen LogP contribution in [0.25, 0.3) is 0 Å². The number of carbonyl (C=O) groups excluding carboxylic acids is 2. The number of ketones is 2. The van der Waals surface area contributed by atoms with Crippen LogP contribution < -0.4 is 0 Å². The van der Waals surface area contributed by atoms with Crippen LogP contribution in [-0.2, 0) is 19.1 Å². The fraction of sp³-hybridized carbons (Fsp3) is 0.593. The summed E-state index contributed by atoms with van der Waals surface area (Å²) in [6.45, 7) is 2.72. The van der Waals surface area contributed by atoms with E-state index in [1.807, 2.05) is 0 Å². The average molecular weight is 502 g/mol. The predicted octanol–water partition coefficient (Wildman–Crippen LogP) is 2.92. The first kappa shape index (κ1) is 24.0. The predicted molar refractivity (Wildman–Crippen MR) is 121 cm³/mol. The van der Waals surface area contributed by atoms with E-state index >= 15 is 4.39 Å². The molecule has 0 amide bonds. The molecule has 0 aromatic carbocycles. The molecule has 192 valence electrons. The van der Waals surface area contributed by atoms with E-state index in [9.17, 15) is 24.2 Å². The highest BCUT2D eigenvalue weighted by Gasteiger charge is 2.79. The average Bonchev–Trinajstić information content (AvgIpc) is 3.34. The monoisotopic (exact) mass is 501 g/mol.